The van der Waals surface area contributed by atoms with Gasteiger partial charge < -0.3 is 10.6 Å². The third-order valence-electron chi connectivity index (χ3n) is 1.78. The first-order valence-electron chi connectivity index (χ1n) is 3.87. The molecule has 0 bridgehead atoms. The molecule has 0 fully saturated rings. The molecule has 1 atom stereocenters. The Bertz CT molecular complexity index is 283. The minimum atomic E-state index is 0.0775. The zero-order valence-corrected chi connectivity index (χ0v) is 7.57. The van der Waals surface area contributed by atoms with Gasteiger partial charge in [0.2, 0.25) is 5.91 Å². The summed E-state index contributed by atoms with van der Waals surface area (Å²) < 4.78 is 0. The minimum Gasteiger partial charge on any atom is -0.365 e. The van der Waals surface area contributed by atoms with Crippen LogP contribution in [0.5, 0.6) is 0 Å². The standard InChI is InChI=1S/C8H10N2OS/c1-5-2-3-6-8(9-5)10-7(11)4-12-6/h2-3,5,9H,4H2,1H3,(H,10,11). The van der Waals surface area contributed by atoms with E-state index in [1.165, 1.54) is 0 Å². The molecule has 2 heterocycles. The quantitative estimate of drug-likeness (QED) is 0.575. The highest BCUT2D eigenvalue weighted by molar-refractivity contribution is 8.04. The fourth-order valence-corrected chi connectivity index (χ4v) is 1.99. The number of amides is 1. The molecule has 0 radical (unpaired) electrons. The average molecular weight is 182 g/mol. The highest BCUT2D eigenvalue weighted by Crippen LogP contribution is 2.25. The third-order valence-corrected chi connectivity index (χ3v) is 2.84. The molecule has 1 amide bonds. The van der Waals surface area contributed by atoms with Gasteiger partial charge in [0.1, 0.15) is 5.82 Å². The maximum Gasteiger partial charge on any atom is 0.235 e. The van der Waals surface area contributed by atoms with Gasteiger partial charge in [-0.2, -0.15) is 0 Å². The number of carbonyl (C=O) groups is 1. The van der Waals surface area contributed by atoms with Crippen LogP contribution in [0, 0.1) is 0 Å². The second-order valence-electron chi connectivity index (χ2n) is 2.87. The highest BCUT2D eigenvalue weighted by Gasteiger charge is 2.19. The number of allylic oxidation sites excluding steroid dienone is 1. The maximum absolute atomic E-state index is 11.0. The predicted octanol–water partition coefficient (Wildman–Crippen LogP) is 0.566. The molecule has 1 unspecified atom stereocenters. The summed E-state index contributed by atoms with van der Waals surface area (Å²) in [6.45, 7) is 2.05. The summed E-state index contributed by atoms with van der Waals surface area (Å²) in [5.74, 6) is 1.47. The molecule has 0 aliphatic carbocycles. The summed E-state index contributed by atoms with van der Waals surface area (Å²) >= 11 is 1.58. The van der Waals surface area contributed by atoms with Crippen molar-refractivity contribution in [3.8, 4) is 0 Å². The number of rotatable bonds is 0. The summed E-state index contributed by atoms with van der Waals surface area (Å²) in [6, 6.07) is 0.308. The maximum atomic E-state index is 11.0. The van der Waals surface area contributed by atoms with Gasteiger partial charge >= 0.3 is 0 Å². The summed E-state index contributed by atoms with van der Waals surface area (Å²) in [5.41, 5.74) is 0. The molecule has 2 aliphatic rings. The van der Waals surface area contributed by atoms with E-state index in [4.69, 9.17) is 0 Å². The molecule has 3 nitrogen and oxygen atoms in total. The van der Waals surface area contributed by atoms with Crippen LogP contribution < -0.4 is 10.6 Å². The number of hydrogen-bond donors (Lipinski definition) is 2. The van der Waals surface area contributed by atoms with Crippen molar-refractivity contribution in [1.29, 1.82) is 0 Å². The molecule has 12 heavy (non-hydrogen) atoms. The normalized spacial score (nSPS) is 27.8. The van der Waals surface area contributed by atoms with Gasteiger partial charge in [-0.05, 0) is 13.0 Å². The Morgan fingerprint density at radius 2 is 2.50 bits per heavy atom. The van der Waals surface area contributed by atoms with Crippen LogP contribution in [0.4, 0.5) is 0 Å². The first kappa shape index (κ1) is 7.73. The molecule has 0 saturated carbocycles. The molecule has 4 heteroatoms. The van der Waals surface area contributed by atoms with Crippen LogP contribution in [0.25, 0.3) is 0 Å². The van der Waals surface area contributed by atoms with Crippen LogP contribution in [-0.2, 0) is 4.79 Å². The zero-order valence-electron chi connectivity index (χ0n) is 6.76. The first-order valence-corrected chi connectivity index (χ1v) is 4.86. The zero-order chi connectivity index (χ0) is 8.55. The Kier molecular flexibility index (Phi) is 1.84. The summed E-state index contributed by atoms with van der Waals surface area (Å²) in [5, 5.41) is 5.99. The molecule has 0 saturated heterocycles. The molecular formula is C8H10N2OS. The first-order chi connectivity index (χ1) is 5.75. The van der Waals surface area contributed by atoms with E-state index in [2.05, 4.69) is 22.8 Å². The van der Waals surface area contributed by atoms with Gasteiger partial charge in [0.05, 0.1) is 5.75 Å². The second-order valence-corrected chi connectivity index (χ2v) is 3.89. The molecule has 0 spiro atoms. The lowest BCUT2D eigenvalue weighted by molar-refractivity contribution is -0.118. The van der Waals surface area contributed by atoms with Crippen molar-refractivity contribution in [1.82, 2.24) is 10.6 Å². The van der Waals surface area contributed by atoms with Crippen LogP contribution in [0.1, 0.15) is 6.92 Å². The molecular weight excluding hydrogens is 172 g/mol. The van der Waals surface area contributed by atoms with Crippen LogP contribution in [0.3, 0.4) is 0 Å². The van der Waals surface area contributed by atoms with Crippen LogP contribution in [0.2, 0.25) is 0 Å². The Morgan fingerprint density at radius 3 is 3.33 bits per heavy atom. The molecule has 2 N–H and O–H groups in total. The van der Waals surface area contributed by atoms with E-state index in [-0.39, 0.29) is 5.91 Å². The Morgan fingerprint density at radius 1 is 1.67 bits per heavy atom. The van der Waals surface area contributed by atoms with Crippen LogP contribution >= 0.6 is 11.8 Å². The van der Waals surface area contributed by atoms with Gasteiger partial charge in [-0.1, -0.05) is 6.08 Å². The van der Waals surface area contributed by atoms with E-state index in [9.17, 15) is 4.79 Å². The van der Waals surface area contributed by atoms with E-state index in [1.807, 2.05) is 6.92 Å². The van der Waals surface area contributed by atoms with Crippen molar-refractivity contribution in [2.45, 2.75) is 13.0 Å². The summed E-state index contributed by atoms with van der Waals surface area (Å²) in [4.78, 5) is 12.1. The van der Waals surface area contributed by atoms with Crippen molar-refractivity contribution in [3.05, 3.63) is 22.9 Å². The molecule has 0 aromatic rings. The van der Waals surface area contributed by atoms with E-state index < -0.39 is 0 Å². The van der Waals surface area contributed by atoms with Crippen LogP contribution in [0.15, 0.2) is 22.9 Å². The summed E-state index contributed by atoms with van der Waals surface area (Å²) in [6.07, 6.45) is 4.14. The van der Waals surface area contributed by atoms with Crippen molar-refractivity contribution >= 4 is 17.7 Å². The molecule has 0 aromatic heterocycles. The van der Waals surface area contributed by atoms with Crippen LogP contribution in [-0.4, -0.2) is 17.7 Å². The topological polar surface area (TPSA) is 41.1 Å². The predicted molar refractivity (Wildman–Crippen MR) is 49.4 cm³/mol. The van der Waals surface area contributed by atoms with Gasteiger partial charge in [-0.3, -0.25) is 4.79 Å². The van der Waals surface area contributed by atoms with Crippen molar-refractivity contribution < 1.29 is 4.79 Å². The van der Waals surface area contributed by atoms with E-state index >= 15 is 0 Å². The highest BCUT2D eigenvalue weighted by atomic mass is 32.2. The van der Waals surface area contributed by atoms with E-state index in [0.717, 1.165) is 10.7 Å². The van der Waals surface area contributed by atoms with Crippen molar-refractivity contribution in [2.24, 2.45) is 0 Å². The lowest BCUT2D eigenvalue weighted by atomic mass is 10.2. The number of dihydropyridines is 1. The molecule has 2 aliphatic heterocycles. The number of thioether (sulfide) groups is 1. The fraction of sp³-hybridized carbons (Fsp3) is 0.375. The lowest BCUT2D eigenvalue weighted by Gasteiger charge is -2.25. The SMILES string of the molecule is CC1C=CC2=C(NC(=O)CS2)N1. The largest absolute Gasteiger partial charge is 0.365 e. The van der Waals surface area contributed by atoms with Gasteiger partial charge in [0.15, 0.2) is 0 Å². The van der Waals surface area contributed by atoms with Crippen molar-refractivity contribution in [3.63, 3.8) is 0 Å². The molecule has 64 valence electrons. The monoisotopic (exact) mass is 182 g/mol. The summed E-state index contributed by atoms with van der Waals surface area (Å²) in [7, 11) is 0. The van der Waals surface area contributed by atoms with E-state index in [1.54, 1.807) is 11.8 Å². The molecule has 2 rings (SSSR count). The van der Waals surface area contributed by atoms with Gasteiger partial charge in [-0.25, -0.2) is 0 Å². The minimum absolute atomic E-state index is 0.0775. The van der Waals surface area contributed by atoms with Gasteiger partial charge in [0.25, 0.3) is 0 Å². The number of carbonyl (C=O) groups excluding carboxylic acids is 1. The second kappa shape index (κ2) is 2.86. The number of nitrogens with one attached hydrogen (secondary N) is 2. The molecule has 0 aromatic carbocycles. The van der Waals surface area contributed by atoms with E-state index in [0.29, 0.717) is 11.8 Å². The fourth-order valence-electron chi connectivity index (χ4n) is 1.20. The Balaban J connectivity index is 2.23. The average Bonchev–Trinajstić information content (AvgIpc) is 2.03. The Hall–Kier alpha value is -0.900. The smallest absolute Gasteiger partial charge is 0.235 e. The van der Waals surface area contributed by atoms with Gasteiger partial charge in [0, 0.05) is 10.9 Å². The lowest BCUT2D eigenvalue weighted by Crippen LogP contribution is -2.40. The van der Waals surface area contributed by atoms with Crippen molar-refractivity contribution in [2.75, 3.05) is 5.75 Å². The third kappa shape index (κ3) is 1.34. The number of hydrogen-bond acceptors (Lipinski definition) is 3. The Labute approximate surface area is 75.3 Å². The van der Waals surface area contributed by atoms with Gasteiger partial charge in [-0.15, -0.1) is 11.8 Å².